The molecule has 0 amide bonds. The predicted octanol–water partition coefficient (Wildman–Crippen LogP) is 10.3. The Kier molecular flexibility index (Phi) is 8.97. The molecule has 196 valence electrons. The maximum Gasteiger partial charge on any atom is 0.165 e. The van der Waals surface area contributed by atoms with Gasteiger partial charge in [-0.05, 0) is 90.2 Å². The molecular weight excluding hydrogens is 455 g/mol. The van der Waals surface area contributed by atoms with Crippen molar-refractivity contribution in [2.45, 2.75) is 90.1 Å². The topological polar surface area (TPSA) is 9.23 Å². The number of fused-ring (bicyclic) bond motifs is 1. The number of hydrogen-bond acceptors (Lipinski definition) is 1. The van der Waals surface area contributed by atoms with Gasteiger partial charge in [0.2, 0.25) is 0 Å². The van der Waals surface area contributed by atoms with Gasteiger partial charge in [0, 0.05) is 0 Å². The summed E-state index contributed by atoms with van der Waals surface area (Å²) in [5.74, 6) is 3.55. The lowest BCUT2D eigenvalue weighted by atomic mass is 9.63. The smallest absolute Gasteiger partial charge is 0.165 e. The van der Waals surface area contributed by atoms with E-state index < -0.39 is 0 Å². The Bertz CT molecular complexity index is 1110. The van der Waals surface area contributed by atoms with Gasteiger partial charge in [0.1, 0.15) is 6.61 Å². The van der Waals surface area contributed by atoms with Gasteiger partial charge < -0.3 is 4.74 Å². The van der Waals surface area contributed by atoms with Gasteiger partial charge in [0.05, 0.1) is 0 Å². The van der Waals surface area contributed by atoms with E-state index in [0.29, 0.717) is 18.3 Å². The maximum absolute atomic E-state index is 14.8. The molecule has 0 bridgehead atoms. The zero-order valence-corrected chi connectivity index (χ0v) is 22.5. The van der Waals surface area contributed by atoms with Crippen LogP contribution < -0.4 is 4.74 Å². The van der Waals surface area contributed by atoms with Gasteiger partial charge in [-0.15, -0.1) is 0 Å². The van der Waals surface area contributed by atoms with E-state index in [2.05, 4.69) is 31.2 Å². The average Bonchev–Trinajstić information content (AvgIpc) is 2.95. The van der Waals surface area contributed by atoms with Crippen molar-refractivity contribution in [2.75, 3.05) is 0 Å². The predicted molar refractivity (Wildman–Crippen MR) is 152 cm³/mol. The van der Waals surface area contributed by atoms with Gasteiger partial charge in [-0.2, -0.15) is 0 Å². The van der Waals surface area contributed by atoms with E-state index in [1.165, 1.54) is 76.2 Å². The molecule has 4 atom stereocenters. The lowest BCUT2D eigenvalue weighted by molar-refractivity contribution is 0.113. The fourth-order valence-electron chi connectivity index (χ4n) is 6.89. The van der Waals surface area contributed by atoms with Crippen LogP contribution in [0.1, 0.15) is 94.6 Å². The molecule has 2 aliphatic carbocycles. The zero-order chi connectivity index (χ0) is 25.5. The van der Waals surface area contributed by atoms with Crippen molar-refractivity contribution in [2.24, 2.45) is 17.8 Å². The third kappa shape index (κ3) is 6.83. The fraction of sp³-hybridized carbons (Fsp3) is 0.486. The lowest BCUT2D eigenvalue weighted by Gasteiger charge is -2.42. The Balaban J connectivity index is 1.14. The second-order valence-corrected chi connectivity index (χ2v) is 11.6. The Morgan fingerprint density at radius 2 is 1.51 bits per heavy atom. The van der Waals surface area contributed by atoms with Crippen molar-refractivity contribution >= 4 is 0 Å². The number of ether oxygens (including phenoxy) is 1. The largest absolute Gasteiger partial charge is 0.486 e. The van der Waals surface area contributed by atoms with Gasteiger partial charge in [-0.3, -0.25) is 0 Å². The normalized spacial score (nSPS) is 23.4. The Morgan fingerprint density at radius 1 is 0.757 bits per heavy atom. The SMILES string of the molecule is CCCCCCC1CCC2CC(c3ccc(-c4ccc(OCc5ccccc5)c(F)c4)cc3)CCC2C1. The van der Waals surface area contributed by atoms with E-state index in [1.54, 1.807) is 12.1 Å². The minimum absolute atomic E-state index is 0.302. The van der Waals surface area contributed by atoms with Crippen LogP contribution >= 0.6 is 0 Å². The van der Waals surface area contributed by atoms with Gasteiger partial charge in [-0.1, -0.05) is 106 Å². The molecule has 2 heteroatoms. The summed E-state index contributed by atoms with van der Waals surface area (Å²) in [6.07, 6.45) is 15.5. The highest BCUT2D eigenvalue weighted by Gasteiger charge is 2.35. The molecule has 3 aromatic rings. The minimum Gasteiger partial charge on any atom is -0.486 e. The second kappa shape index (κ2) is 12.8. The molecule has 0 N–H and O–H groups in total. The highest BCUT2D eigenvalue weighted by Crippen LogP contribution is 2.48. The highest BCUT2D eigenvalue weighted by atomic mass is 19.1. The molecule has 0 aromatic heterocycles. The van der Waals surface area contributed by atoms with Crippen molar-refractivity contribution in [1.29, 1.82) is 0 Å². The summed E-state index contributed by atoms with van der Waals surface area (Å²) in [6.45, 7) is 2.67. The molecule has 1 nitrogen and oxygen atoms in total. The van der Waals surface area contributed by atoms with Crippen LogP contribution in [0.3, 0.4) is 0 Å². The van der Waals surface area contributed by atoms with Crippen molar-refractivity contribution in [3.63, 3.8) is 0 Å². The van der Waals surface area contributed by atoms with E-state index in [9.17, 15) is 4.39 Å². The van der Waals surface area contributed by atoms with Crippen LogP contribution in [0, 0.1) is 23.6 Å². The summed E-state index contributed by atoms with van der Waals surface area (Å²) in [6, 6.07) is 24.1. The molecule has 0 spiro atoms. The fourth-order valence-corrected chi connectivity index (χ4v) is 6.89. The van der Waals surface area contributed by atoms with Crippen molar-refractivity contribution < 1.29 is 9.13 Å². The van der Waals surface area contributed by atoms with Crippen LogP contribution in [0.4, 0.5) is 4.39 Å². The summed E-state index contributed by atoms with van der Waals surface area (Å²) in [5.41, 5.74) is 4.46. The van der Waals surface area contributed by atoms with E-state index >= 15 is 0 Å². The first-order valence-electron chi connectivity index (χ1n) is 14.8. The number of rotatable bonds is 10. The van der Waals surface area contributed by atoms with E-state index in [4.69, 9.17) is 4.74 Å². The summed E-state index contributed by atoms with van der Waals surface area (Å²) in [4.78, 5) is 0. The summed E-state index contributed by atoms with van der Waals surface area (Å²) in [5, 5.41) is 0. The molecule has 0 saturated heterocycles. The molecule has 37 heavy (non-hydrogen) atoms. The van der Waals surface area contributed by atoms with E-state index in [0.717, 1.165) is 34.4 Å². The molecule has 2 fully saturated rings. The summed E-state index contributed by atoms with van der Waals surface area (Å²) < 4.78 is 20.5. The van der Waals surface area contributed by atoms with Crippen molar-refractivity contribution in [1.82, 2.24) is 0 Å². The second-order valence-electron chi connectivity index (χ2n) is 11.6. The van der Waals surface area contributed by atoms with Crippen LogP contribution in [0.25, 0.3) is 11.1 Å². The van der Waals surface area contributed by atoms with Crippen LogP contribution in [0.15, 0.2) is 72.8 Å². The van der Waals surface area contributed by atoms with Gasteiger partial charge in [-0.25, -0.2) is 4.39 Å². The Labute approximate surface area is 223 Å². The molecule has 2 aliphatic rings. The molecule has 2 saturated carbocycles. The van der Waals surface area contributed by atoms with Crippen molar-refractivity contribution in [3.05, 3.63) is 89.7 Å². The molecule has 5 rings (SSSR count). The highest BCUT2D eigenvalue weighted by molar-refractivity contribution is 5.64. The van der Waals surface area contributed by atoms with Crippen molar-refractivity contribution in [3.8, 4) is 16.9 Å². The Morgan fingerprint density at radius 3 is 2.30 bits per heavy atom. The van der Waals surface area contributed by atoms with Crippen LogP contribution in [0.5, 0.6) is 5.75 Å². The first-order chi connectivity index (χ1) is 18.2. The summed E-state index contributed by atoms with van der Waals surface area (Å²) in [7, 11) is 0. The van der Waals surface area contributed by atoms with E-state index in [-0.39, 0.29) is 5.82 Å². The van der Waals surface area contributed by atoms with Gasteiger partial charge in [0.25, 0.3) is 0 Å². The number of unbranched alkanes of at least 4 members (excludes halogenated alkanes) is 3. The number of hydrogen-bond donors (Lipinski definition) is 0. The Hall–Kier alpha value is -2.61. The van der Waals surface area contributed by atoms with Gasteiger partial charge >= 0.3 is 0 Å². The minimum atomic E-state index is -0.309. The molecule has 0 aliphatic heterocycles. The molecular formula is C35H43FO. The lowest BCUT2D eigenvalue weighted by Crippen LogP contribution is -2.30. The zero-order valence-electron chi connectivity index (χ0n) is 22.5. The molecule has 0 heterocycles. The summed E-state index contributed by atoms with van der Waals surface area (Å²) >= 11 is 0. The third-order valence-electron chi connectivity index (χ3n) is 9.07. The van der Waals surface area contributed by atoms with Crippen LogP contribution in [-0.2, 0) is 6.61 Å². The monoisotopic (exact) mass is 498 g/mol. The first kappa shape index (κ1) is 26.0. The number of benzene rings is 3. The van der Waals surface area contributed by atoms with Crippen LogP contribution in [0.2, 0.25) is 0 Å². The van der Waals surface area contributed by atoms with Gasteiger partial charge in [0.15, 0.2) is 11.6 Å². The quantitative estimate of drug-likeness (QED) is 0.253. The van der Waals surface area contributed by atoms with Crippen LogP contribution in [-0.4, -0.2) is 0 Å². The average molecular weight is 499 g/mol. The number of halogens is 1. The third-order valence-corrected chi connectivity index (χ3v) is 9.07. The molecule has 0 radical (unpaired) electrons. The standard InChI is InChI=1S/C35H43FO/c1-2-3-4-6-9-26-12-13-32-23-31(19-18-30(32)22-26)28-14-16-29(17-15-28)33-20-21-35(34(36)24-33)37-25-27-10-7-5-8-11-27/h5,7-8,10-11,14-17,20-21,24,26,30-32H,2-4,6,9,12-13,18-19,22-23,25H2,1H3. The molecule has 3 aromatic carbocycles. The maximum atomic E-state index is 14.8. The molecule has 4 unspecified atom stereocenters. The first-order valence-corrected chi connectivity index (χ1v) is 14.8. The van der Waals surface area contributed by atoms with E-state index in [1.807, 2.05) is 36.4 Å².